The average Bonchev–Trinajstić information content (AvgIpc) is 3.03. The van der Waals surface area contributed by atoms with Crippen molar-refractivity contribution in [2.75, 3.05) is 5.32 Å². The predicted octanol–water partition coefficient (Wildman–Crippen LogP) is 5.21. The van der Waals surface area contributed by atoms with Crippen LogP contribution in [-0.2, 0) is 10.2 Å². The summed E-state index contributed by atoms with van der Waals surface area (Å²) in [6.45, 7) is 2.03. The van der Waals surface area contributed by atoms with Gasteiger partial charge in [-0.2, -0.15) is 0 Å². The summed E-state index contributed by atoms with van der Waals surface area (Å²) in [6, 6.07) is 16.1. The molecule has 1 N–H and O–H groups in total. The highest BCUT2D eigenvalue weighted by Crippen LogP contribution is 2.42. The normalized spacial score (nSPS) is 16.5. The summed E-state index contributed by atoms with van der Waals surface area (Å²) >= 11 is 3.50. The predicted molar refractivity (Wildman–Crippen MR) is 94.1 cm³/mol. The van der Waals surface area contributed by atoms with E-state index >= 15 is 0 Å². The van der Waals surface area contributed by atoms with Crippen molar-refractivity contribution in [3.8, 4) is 0 Å². The zero-order valence-electron chi connectivity index (χ0n) is 12.7. The SMILES string of the molecule is Cc1cc(NC(=O)C2(c3ccccc3)CCCC2)ccc1Br. The van der Waals surface area contributed by atoms with Crippen LogP contribution in [0.5, 0.6) is 0 Å². The molecular formula is C19H20BrNO. The third kappa shape index (κ3) is 2.82. The average molecular weight is 358 g/mol. The quantitative estimate of drug-likeness (QED) is 0.802. The zero-order chi connectivity index (χ0) is 15.6. The van der Waals surface area contributed by atoms with E-state index in [-0.39, 0.29) is 11.3 Å². The second-order valence-corrected chi connectivity index (χ2v) is 6.93. The lowest BCUT2D eigenvalue weighted by Crippen LogP contribution is -2.37. The molecule has 1 saturated carbocycles. The maximum Gasteiger partial charge on any atom is 0.235 e. The van der Waals surface area contributed by atoms with E-state index in [0.717, 1.165) is 47.0 Å². The molecule has 0 bridgehead atoms. The van der Waals surface area contributed by atoms with Gasteiger partial charge in [0.25, 0.3) is 0 Å². The number of hydrogen-bond donors (Lipinski definition) is 1. The van der Waals surface area contributed by atoms with Gasteiger partial charge in [0, 0.05) is 10.2 Å². The second kappa shape index (κ2) is 6.25. The fourth-order valence-electron chi connectivity index (χ4n) is 3.36. The van der Waals surface area contributed by atoms with Crippen LogP contribution in [0.15, 0.2) is 53.0 Å². The van der Waals surface area contributed by atoms with Crippen molar-refractivity contribution in [2.24, 2.45) is 0 Å². The second-order valence-electron chi connectivity index (χ2n) is 6.07. The van der Waals surface area contributed by atoms with Gasteiger partial charge in [0.1, 0.15) is 0 Å². The Morgan fingerprint density at radius 1 is 1.09 bits per heavy atom. The van der Waals surface area contributed by atoms with Gasteiger partial charge in [-0.05, 0) is 49.1 Å². The molecule has 1 aliphatic carbocycles. The number of rotatable bonds is 3. The first kappa shape index (κ1) is 15.3. The number of amides is 1. The molecule has 0 aliphatic heterocycles. The smallest absolute Gasteiger partial charge is 0.235 e. The van der Waals surface area contributed by atoms with Crippen molar-refractivity contribution in [2.45, 2.75) is 38.0 Å². The molecule has 2 aromatic rings. The molecule has 114 valence electrons. The van der Waals surface area contributed by atoms with Crippen molar-refractivity contribution in [1.82, 2.24) is 0 Å². The molecule has 1 fully saturated rings. The van der Waals surface area contributed by atoms with Gasteiger partial charge in [-0.15, -0.1) is 0 Å². The van der Waals surface area contributed by atoms with Gasteiger partial charge in [0.05, 0.1) is 5.41 Å². The summed E-state index contributed by atoms with van der Waals surface area (Å²) in [5.74, 6) is 0.123. The van der Waals surface area contributed by atoms with E-state index in [2.05, 4.69) is 33.4 Å². The van der Waals surface area contributed by atoms with Crippen LogP contribution < -0.4 is 5.32 Å². The largest absolute Gasteiger partial charge is 0.325 e. The van der Waals surface area contributed by atoms with Crippen LogP contribution in [-0.4, -0.2) is 5.91 Å². The molecule has 3 heteroatoms. The fraction of sp³-hybridized carbons (Fsp3) is 0.316. The lowest BCUT2D eigenvalue weighted by molar-refractivity contribution is -0.121. The summed E-state index contributed by atoms with van der Waals surface area (Å²) < 4.78 is 1.06. The van der Waals surface area contributed by atoms with Crippen LogP contribution in [0.2, 0.25) is 0 Å². The number of aryl methyl sites for hydroxylation is 1. The number of benzene rings is 2. The summed E-state index contributed by atoms with van der Waals surface area (Å²) in [5.41, 5.74) is 2.76. The van der Waals surface area contributed by atoms with Crippen LogP contribution in [0.25, 0.3) is 0 Å². The Kier molecular flexibility index (Phi) is 4.34. The number of carbonyl (C=O) groups is 1. The molecule has 0 radical (unpaired) electrons. The van der Waals surface area contributed by atoms with Crippen LogP contribution >= 0.6 is 15.9 Å². The van der Waals surface area contributed by atoms with E-state index in [1.165, 1.54) is 0 Å². The van der Waals surface area contributed by atoms with Crippen LogP contribution in [0.4, 0.5) is 5.69 Å². The van der Waals surface area contributed by atoms with Gasteiger partial charge < -0.3 is 5.32 Å². The van der Waals surface area contributed by atoms with Gasteiger partial charge in [0.15, 0.2) is 0 Å². The number of nitrogens with one attached hydrogen (secondary N) is 1. The molecule has 2 aromatic carbocycles. The van der Waals surface area contributed by atoms with E-state index in [0.29, 0.717) is 0 Å². The molecule has 0 atom stereocenters. The monoisotopic (exact) mass is 357 g/mol. The lowest BCUT2D eigenvalue weighted by atomic mass is 9.78. The van der Waals surface area contributed by atoms with Gasteiger partial charge in [-0.3, -0.25) is 4.79 Å². The van der Waals surface area contributed by atoms with Crippen molar-refractivity contribution in [3.63, 3.8) is 0 Å². The molecular weight excluding hydrogens is 338 g/mol. The summed E-state index contributed by atoms with van der Waals surface area (Å²) in [4.78, 5) is 13.0. The van der Waals surface area contributed by atoms with Gasteiger partial charge in [0.2, 0.25) is 5.91 Å². The van der Waals surface area contributed by atoms with Crippen molar-refractivity contribution in [3.05, 3.63) is 64.1 Å². The molecule has 3 rings (SSSR count). The molecule has 1 amide bonds. The molecule has 2 nitrogen and oxygen atoms in total. The molecule has 0 heterocycles. The minimum atomic E-state index is -0.373. The molecule has 22 heavy (non-hydrogen) atoms. The third-order valence-electron chi connectivity index (χ3n) is 4.63. The summed E-state index contributed by atoms with van der Waals surface area (Å²) in [5, 5.41) is 3.13. The Hall–Kier alpha value is -1.61. The highest BCUT2D eigenvalue weighted by Gasteiger charge is 2.42. The Morgan fingerprint density at radius 3 is 2.41 bits per heavy atom. The van der Waals surface area contributed by atoms with Crippen LogP contribution in [0.3, 0.4) is 0 Å². The highest BCUT2D eigenvalue weighted by molar-refractivity contribution is 9.10. The fourth-order valence-corrected chi connectivity index (χ4v) is 3.60. The van der Waals surface area contributed by atoms with E-state index in [1.54, 1.807) is 0 Å². The highest BCUT2D eigenvalue weighted by atomic mass is 79.9. The molecule has 0 aromatic heterocycles. The first-order chi connectivity index (χ1) is 10.6. The molecule has 0 spiro atoms. The zero-order valence-corrected chi connectivity index (χ0v) is 14.3. The Morgan fingerprint density at radius 2 is 1.77 bits per heavy atom. The molecule has 0 unspecified atom stereocenters. The maximum atomic E-state index is 13.0. The standard InChI is InChI=1S/C19H20BrNO/c1-14-13-16(9-10-17(14)20)21-18(22)19(11-5-6-12-19)15-7-3-2-4-8-15/h2-4,7-10,13H,5-6,11-12H2,1H3,(H,21,22). The van der Waals surface area contributed by atoms with Crippen molar-refractivity contribution in [1.29, 1.82) is 0 Å². The topological polar surface area (TPSA) is 29.1 Å². The van der Waals surface area contributed by atoms with Gasteiger partial charge >= 0.3 is 0 Å². The van der Waals surface area contributed by atoms with Crippen molar-refractivity contribution < 1.29 is 4.79 Å². The van der Waals surface area contributed by atoms with E-state index in [4.69, 9.17) is 0 Å². The summed E-state index contributed by atoms with van der Waals surface area (Å²) in [7, 11) is 0. The minimum absolute atomic E-state index is 0.123. The summed E-state index contributed by atoms with van der Waals surface area (Å²) in [6.07, 6.45) is 4.08. The Bertz CT molecular complexity index is 675. The minimum Gasteiger partial charge on any atom is -0.325 e. The first-order valence-electron chi connectivity index (χ1n) is 7.75. The van der Waals surface area contributed by atoms with E-state index < -0.39 is 0 Å². The Balaban J connectivity index is 1.89. The van der Waals surface area contributed by atoms with Gasteiger partial charge in [-0.1, -0.05) is 59.1 Å². The number of anilines is 1. The Labute approximate surface area is 140 Å². The van der Waals surface area contributed by atoms with Crippen LogP contribution in [0, 0.1) is 6.92 Å². The maximum absolute atomic E-state index is 13.0. The van der Waals surface area contributed by atoms with E-state index in [9.17, 15) is 4.79 Å². The first-order valence-corrected chi connectivity index (χ1v) is 8.54. The lowest BCUT2D eigenvalue weighted by Gasteiger charge is -2.28. The molecule has 0 saturated heterocycles. The molecule has 1 aliphatic rings. The van der Waals surface area contributed by atoms with E-state index in [1.807, 2.05) is 43.3 Å². The third-order valence-corrected chi connectivity index (χ3v) is 5.52. The van der Waals surface area contributed by atoms with Crippen molar-refractivity contribution >= 4 is 27.5 Å². The van der Waals surface area contributed by atoms with Gasteiger partial charge in [-0.25, -0.2) is 0 Å². The van der Waals surface area contributed by atoms with Crippen LogP contribution in [0.1, 0.15) is 36.8 Å². The number of hydrogen-bond acceptors (Lipinski definition) is 1. The number of halogens is 1. The number of carbonyl (C=O) groups excluding carboxylic acids is 1.